The van der Waals surface area contributed by atoms with Crippen LogP contribution in [0, 0.1) is 0 Å². The summed E-state index contributed by atoms with van der Waals surface area (Å²) in [5.74, 6) is -2.36. The average Bonchev–Trinajstić information content (AvgIpc) is 3.14. The highest BCUT2D eigenvalue weighted by Gasteiger charge is 2.54. The second-order valence-corrected chi connectivity index (χ2v) is 5.23. The molecule has 0 spiro atoms. The van der Waals surface area contributed by atoms with E-state index in [0.717, 1.165) is 0 Å². The van der Waals surface area contributed by atoms with Gasteiger partial charge >= 0.3 is 21.3 Å². The van der Waals surface area contributed by atoms with Gasteiger partial charge in [-0.25, -0.2) is 4.79 Å². The molecule has 1 rings (SSSR count). The van der Waals surface area contributed by atoms with Gasteiger partial charge in [0.1, 0.15) is 12.7 Å². The van der Waals surface area contributed by atoms with Crippen molar-refractivity contribution in [3.8, 4) is 0 Å². The molecule has 1 saturated heterocycles. The molecular formula is C9H14F2O8S. The molecule has 1 N–H and O–H groups in total. The summed E-state index contributed by atoms with van der Waals surface area (Å²) in [6.07, 6.45) is 0.124. The Morgan fingerprint density at radius 2 is 1.80 bits per heavy atom. The molecule has 118 valence electrons. The molecule has 0 aliphatic carbocycles. The lowest BCUT2D eigenvalue weighted by Crippen LogP contribution is -2.39. The van der Waals surface area contributed by atoms with Crippen LogP contribution in [0.3, 0.4) is 0 Å². The van der Waals surface area contributed by atoms with Crippen LogP contribution in [-0.2, 0) is 33.9 Å². The zero-order chi connectivity index (χ0) is 15.2. The molecule has 1 atom stereocenters. The summed E-state index contributed by atoms with van der Waals surface area (Å²) < 4.78 is 72.8. The molecule has 1 aliphatic heterocycles. The van der Waals surface area contributed by atoms with Crippen molar-refractivity contribution in [3.05, 3.63) is 0 Å². The third-order valence-corrected chi connectivity index (χ3v) is 2.92. The normalized spacial score (nSPS) is 18.9. The largest absolute Gasteiger partial charge is 0.465 e. The SMILES string of the molecule is O=C(OCCOCCOCC1CO1)C(F)(F)S(=O)(=O)O. The van der Waals surface area contributed by atoms with Gasteiger partial charge < -0.3 is 18.9 Å². The zero-order valence-corrected chi connectivity index (χ0v) is 11.1. The number of rotatable bonds is 10. The van der Waals surface area contributed by atoms with Crippen LogP contribution in [0.4, 0.5) is 8.78 Å². The molecule has 0 aromatic rings. The van der Waals surface area contributed by atoms with Crippen LogP contribution >= 0.6 is 0 Å². The van der Waals surface area contributed by atoms with Gasteiger partial charge in [0.15, 0.2) is 0 Å². The maximum atomic E-state index is 12.7. The number of hydrogen-bond donors (Lipinski definition) is 1. The highest BCUT2D eigenvalue weighted by atomic mass is 32.2. The number of esters is 1. The van der Waals surface area contributed by atoms with E-state index in [9.17, 15) is 22.0 Å². The van der Waals surface area contributed by atoms with Crippen molar-refractivity contribution in [2.75, 3.05) is 39.6 Å². The molecule has 0 radical (unpaired) electrons. The van der Waals surface area contributed by atoms with Crippen molar-refractivity contribution in [2.24, 2.45) is 0 Å². The number of hydrogen-bond acceptors (Lipinski definition) is 7. The molecule has 1 unspecified atom stereocenters. The molecule has 0 saturated carbocycles. The summed E-state index contributed by atoms with van der Waals surface area (Å²) in [5, 5.41) is -4.99. The Balaban J connectivity index is 2.03. The van der Waals surface area contributed by atoms with E-state index in [2.05, 4.69) is 4.74 Å². The summed E-state index contributed by atoms with van der Waals surface area (Å²) in [6, 6.07) is 0. The summed E-state index contributed by atoms with van der Waals surface area (Å²) in [6.45, 7) is 0.734. The first-order valence-electron chi connectivity index (χ1n) is 5.54. The molecule has 0 aromatic carbocycles. The summed E-state index contributed by atoms with van der Waals surface area (Å²) in [5.41, 5.74) is 0. The molecule has 1 fully saturated rings. The minimum atomic E-state index is -5.84. The quantitative estimate of drug-likeness (QED) is 0.247. The van der Waals surface area contributed by atoms with E-state index in [0.29, 0.717) is 13.2 Å². The van der Waals surface area contributed by atoms with Crippen LogP contribution in [0.2, 0.25) is 0 Å². The van der Waals surface area contributed by atoms with Crippen LogP contribution in [0.15, 0.2) is 0 Å². The third-order valence-electron chi connectivity index (χ3n) is 2.10. The second kappa shape index (κ2) is 7.22. The minimum absolute atomic E-state index is 0.124. The van der Waals surface area contributed by atoms with Gasteiger partial charge in [0, 0.05) is 0 Å². The first kappa shape index (κ1) is 17.2. The monoisotopic (exact) mass is 320 g/mol. The van der Waals surface area contributed by atoms with Crippen LogP contribution < -0.4 is 0 Å². The van der Waals surface area contributed by atoms with Gasteiger partial charge in [-0.2, -0.15) is 17.2 Å². The Morgan fingerprint density at radius 1 is 1.25 bits per heavy atom. The minimum Gasteiger partial charge on any atom is -0.458 e. The highest BCUT2D eigenvalue weighted by molar-refractivity contribution is 7.87. The predicted octanol–water partition coefficient (Wildman–Crippen LogP) is -0.558. The Hall–Kier alpha value is -0.880. The average molecular weight is 320 g/mol. The lowest BCUT2D eigenvalue weighted by atomic mass is 10.5. The Labute approximate surface area is 113 Å². The topological polar surface area (TPSA) is 112 Å². The number of carbonyl (C=O) groups excluding carboxylic acids is 1. The molecule has 20 heavy (non-hydrogen) atoms. The van der Waals surface area contributed by atoms with Gasteiger partial charge in [0.25, 0.3) is 0 Å². The van der Waals surface area contributed by atoms with E-state index in [4.69, 9.17) is 18.8 Å². The molecule has 8 nitrogen and oxygen atoms in total. The zero-order valence-electron chi connectivity index (χ0n) is 10.3. The van der Waals surface area contributed by atoms with Gasteiger partial charge in [-0.15, -0.1) is 0 Å². The summed E-state index contributed by atoms with van der Waals surface area (Å²) in [4.78, 5) is 10.7. The fourth-order valence-electron chi connectivity index (χ4n) is 0.982. The fraction of sp³-hybridized carbons (Fsp3) is 0.889. The van der Waals surface area contributed by atoms with Crippen LogP contribution in [-0.4, -0.2) is 69.9 Å². The number of halogens is 2. The lowest BCUT2D eigenvalue weighted by Gasteiger charge is -2.12. The Morgan fingerprint density at radius 3 is 2.35 bits per heavy atom. The van der Waals surface area contributed by atoms with E-state index < -0.39 is 27.9 Å². The smallest absolute Gasteiger partial charge is 0.458 e. The van der Waals surface area contributed by atoms with Gasteiger partial charge in [0.05, 0.1) is 33.0 Å². The molecule has 11 heteroatoms. The maximum absolute atomic E-state index is 12.7. The van der Waals surface area contributed by atoms with Crippen LogP contribution in [0.25, 0.3) is 0 Å². The van der Waals surface area contributed by atoms with Gasteiger partial charge in [-0.3, -0.25) is 4.55 Å². The van der Waals surface area contributed by atoms with E-state index >= 15 is 0 Å². The first-order chi connectivity index (χ1) is 9.25. The number of ether oxygens (including phenoxy) is 4. The summed E-state index contributed by atoms with van der Waals surface area (Å²) in [7, 11) is -5.84. The molecule has 0 aromatic heterocycles. The molecule has 0 amide bonds. The second-order valence-electron chi connectivity index (χ2n) is 3.77. The molecular weight excluding hydrogens is 306 g/mol. The summed E-state index contributed by atoms with van der Waals surface area (Å²) >= 11 is 0. The van der Waals surface area contributed by atoms with Crippen LogP contribution in [0.5, 0.6) is 0 Å². The van der Waals surface area contributed by atoms with E-state index in [1.165, 1.54) is 0 Å². The van der Waals surface area contributed by atoms with Crippen LogP contribution in [0.1, 0.15) is 0 Å². The lowest BCUT2D eigenvalue weighted by molar-refractivity contribution is -0.163. The van der Waals surface area contributed by atoms with Crippen molar-refractivity contribution in [1.29, 1.82) is 0 Å². The molecule has 1 aliphatic rings. The highest BCUT2D eigenvalue weighted by Crippen LogP contribution is 2.21. The van der Waals surface area contributed by atoms with Gasteiger partial charge in [0.2, 0.25) is 0 Å². The van der Waals surface area contributed by atoms with Crippen molar-refractivity contribution in [1.82, 2.24) is 0 Å². The Kier molecular flexibility index (Phi) is 6.20. The number of alkyl halides is 2. The van der Waals surface area contributed by atoms with Crippen molar-refractivity contribution < 1.29 is 45.5 Å². The number of carbonyl (C=O) groups is 1. The van der Waals surface area contributed by atoms with E-state index in [-0.39, 0.29) is 25.9 Å². The maximum Gasteiger partial charge on any atom is 0.465 e. The standard InChI is InChI=1S/C9H14F2O8S/c10-9(11,20(13,14)15)8(12)18-4-3-16-1-2-17-5-7-6-19-7/h7H,1-6H2,(H,13,14,15). The van der Waals surface area contributed by atoms with Gasteiger partial charge in [-0.1, -0.05) is 0 Å². The van der Waals surface area contributed by atoms with Crippen molar-refractivity contribution in [3.63, 3.8) is 0 Å². The van der Waals surface area contributed by atoms with Gasteiger partial charge in [-0.05, 0) is 0 Å². The van der Waals surface area contributed by atoms with E-state index in [1.807, 2.05) is 0 Å². The van der Waals surface area contributed by atoms with Crippen molar-refractivity contribution >= 4 is 16.1 Å². The van der Waals surface area contributed by atoms with E-state index in [1.54, 1.807) is 0 Å². The fourth-order valence-corrected chi connectivity index (χ4v) is 1.25. The Bertz CT molecular complexity index is 420. The first-order valence-corrected chi connectivity index (χ1v) is 6.98. The number of epoxide rings is 1. The predicted molar refractivity (Wildman–Crippen MR) is 58.8 cm³/mol. The molecule has 0 bridgehead atoms. The third kappa shape index (κ3) is 5.63. The van der Waals surface area contributed by atoms with Crippen molar-refractivity contribution in [2.45, 2.75) is 11.4 Å². The molecule has 1 heterocycles.